The molecule has 0 aliphatic heterocycles. The molecule has 0 radical (unpaired) electrons. The van der Waals surface area contributed by atoms with Gasteiger partial charge >= 0.3 is 5.97 Å². The standard InChI is InChI=1S/C13H17ClO3/c1-9(10(2)13(15)16-3)8-17-12-6-4-11(14)5-7-12/h4-7,9-10H,8H2,1-3H3. The van der Waals surface area contributed by atoms with Crippen molar-refractivity contribution in [2.24, 2.45) is 11.8 Å². The molecule has 0 aliphatic carbocycles. The van der Waals surface area contributed by atoms with Crippen molar-refractivity contribution in [2.45, 2.75) is 13.8 Å². The fourth-order valence-corrected chi connectivity index (χ4v) is 1.45. The number of benzene rings is 1. The first-order valence-electron chi connectivity index (χ1n) is 5.50. The average Bonchev–Trinajstić information content (AvgIpc) is 2.35. The van der Waals surface area contributed by atoms with Gasteiger partial charge in [-0.3, -0.25) is 4.79 Å². The molecule has 94 valence electrons. The number of esters is 1. The van der Waals surface area contributed by atoms with Crippen molar-refractivity contribution < 1.29 is 14.3 Å². The highest BCUT2D eigenvalue weighted by Gasteiger charge is 2.21. The van der Waals surface area contributed by atoms with Crippen molar-refractivity contribution in [2.75, 3.05) is 13.7 Å². The summed E-state index contributed by atoms with van der Waals surface area (Å²) in [4.78, 5) is 11.3. The van der Waals surface area contributed by atoms with Gasteiger partial charge in [0.15, 0.2) is 0 Å². The van der Waals surface area contributed by atoms with Crippen molar-refractivity contribution in [1.29, 1.82) is 0 Å². The van der Waals surface area contributed by atoms with E-state index >= 15 is 0 Å². The molecule has 0 heterocycles. The number of ether oxygens (including phenoxy) is 2. The lowest BCUT2D eigenvalue weighted by molar-refractivity contribution is -0.146. The van der Waals surface area contributed by atoms with Crippen LogP contribution in [0.3, 0.4) is 0 Å². The van der Waals surface area contributed by atoms with E-state index in [1.165, 1.54) is 7.11 Å². The van der Waals surface area contributed by atoms with Gasteiger partial charge in [-0.05, 0) is 24.3 Å². The van der Waals surface area contributed by atoms with Crippen molar-refractivity contribution in [3.8, 4) is 5.75 Å². The highest BCUT2D eigenvalue weighted by Crippen LogP contribution is 2.18. The number of carbonyl (C=O) groups excluding carboxylic acids is 1. The van der Waals surface area contributed by atoms with Crippen molar-refractivity contribution >= 4 is 17.6 Å². The highest BCUT2D eigenvalue weighted by atomic mass is 35.5. The Morgan fingerprint density at radius 3 is 2.41 bits per heavy atom. The van der Waals surface area contributed by atoms with Crippen LogP contribution in [0.2, 0.25) is 5.02 Å². The van der Waals surface area contributed by atoms with Crippen LogP contribution < -0.4 is 4.74 Å². The fourth-order valence-electron chi connectivity index (χ4n) is 1.32. The summed E-state index contributed by atoms with van der Waals surface area (Å²) in [5.41, 5.74) is 0. The molecule has 1 rings (SSSR count). The van der Waals surface area contributed by atoms with Crippen LogP contribution in [-0.2, 0) is 9.53 Å². The van der Waals surface area contributed by atoms with Crippen molar-refractivity contribution in [3.05, 3.63) is 29.3 Å². The van der Waals surface area contributed by atoms with Crippen molar-refractivity contribution in [3.63, 3.8) is 0 Å². The third-order valence-electron chi connectivity index (χ3n) is 2.75. The number of halogens is 1. The summed E-state index contributed by atoms with van der Waals surface area (Å²) in [6.45, 7) is 4.26. The number of methoxy groups -OCH3 is 1. The lowest BCUT2D eigenvalue weighted by Gasteiger charge is -2.18. The lowest BCUT2D eigenvalue weighted by Crippen LogP contribution is -2.24. The molecule has 4 heteroatoms. The first kappa shape index (κ1) is 13.8. The number of hydrogen-bond donors (Lipinski definition) is 0. The molecule has 0 fully saturated rings. The Kier molecular flexibility index (Phi) is 5.29. The molecule has 3 nitrogen and oxygen atoms in total. The summed E-state index contributed by atoms with van der Waals surface area (Å²) in [7, 11) is 1.39. The van der Waals surface area contributed by atoms with Crippen LogP contribution in [0.4, 0.5) is 0 Å². The zero-order chi connectivity index (χ0) is 12.8. The maximum Gasteiger partial charge on any atom is 0.308 e. The first-order chi connectivity index (χ1) is 8.04. The quantitative estimate of drug-likeness (QED) is 0.759. The van der Waals surface area contributed by atoms with E-state index in [-0.39, 0.29) is 17.8 Å². The Balaban J connectivity index is 2.45. The van der Waals surface area contributed by atoms with E-state index in [9.17, 15) is 4.79 Å². The molecular formula is C13H17ClO3. The van der Waals surface area contributed by atoms with Crippen LogP contribution >= 0.6 is 11.6 Å². The summed E-state index contributed by atoms with van der Waals surface area (Å²) in [5.74, 6) is 0.459. The summed E-state index contributed by atoms with van der Waals surface area (Å²) >= 11 is 5.77. The third kappa shape index (κ3) is 4.27. The Hall–Kier alpha value is -1.22. The zero-order valence-electron chi connectivity index (χ0n) is 10.3. The van der Waals surface area contributed by atoms with Crippen LogP contribution in [0, 0.1) is 11.8 Å². The van der Waals surface area contributed by atoms with Crippen LogP contribution in [0.25, 0.3) is 0 Å². The molecule has 2 atom stereocenters. The summed E-state index contributed by atoms with van der Waals surface area (Å²) in [6.07, 6.45) is 0. The molecule has 0 saturated carbocycles. The van der Waals surface area contributed by atoms with Crippen molar-refractivity contribution in [1.82, 2.24) is 0 Å². The van der Waals surface area contributed by atoms with Gasteiger partial charge in [-0.25, -0.2) is 0 Å². The fraction of sp³-hybridized carbons (Fsp3) is 0.462. The van der Waals surface area contributed by atoms with Gasteiger partial charge in [0, 0.05) is 10.9 Å². The second-order valence-corrected chi connectivity index (χ2v) is 4.49. The van der Waals surface area contributed by atoms with E-state index in [0.29, 0.717) is 11.6 Å². The molecule has 0 spiro atoms. The van der Waals surface area contributed by atoms with Gasteiger partial charge < -0.3 is 9.47 Å². The predicted molar refractivity (Wildman–Crippen MR) is 67.3 cm³/mol. The molecule has 0 saturated heterocycles. The molecule has 0 N–H and O–H groups in total. The van der Waals surface area contributed by atoms with Gasteiger partial charge in [0.25, 0.3) is 0 Å². The largest absolute Gasteiger partial charge is 0.493 e. The second kappa shape index (κ2) is 6.50. The minimum absolute atomic E-state index is 0.0955. The smallest absolute Gasteiger partial charge is 0.308 e. The van der Waals surface area contributed by atoms with E-state index in [2.05, 4.69) is 4.74 Å². The van der Waals surface area contributed by atoms with Gasteiger partial charge in [0.1, 0.15) is 5.75 Å². The molecule has 1 aromatic carbocycles. The Morgan fingerprint density at radius 2 is 1.88 bits per heavy atom. The first-order valence-corrected chi connectivity index (χ1v) is 5.88. The molecular weight excluding hydrogens is 240 g/mol. The second-order valence-electron chi connectivity index (χ2n) is 4.05. The van der Waals surface area contributed by atoms with E-state index < -0.39 is 0 Å². The van der Waals surface area contributed by atoms with Gasteiger partial charge in [-0.1, -0.05) is 25.4 Å². The number of rotatable bonds is 5. The number of hydrogen-bond acceptors (Lipinski definition) is 3. The Morgan fingerprint density at radius 1 is 1.29 bits per heavy atom. The van der Waals surface area contributed by atoms with E-state index in [0.717, 1.165) is 5.75 Å². The maximum absolute atomic E-state index is 11.3. The normalized spacial score (nSPS) is 13.9. The topological polar surface area (TPSA) is 35.5 Å². The van der Waals surface area contributed by atoms with Gasteiger partial charge in [-0.15, -0.1) is 0 Å². The average molecular weight is 257 g/mol. The number of carbonyl (C=O) groups is 1. The lowest BCUT2D eigenvalue weighted by atomic mass is 9.97. The minimum atomic E-state index is -0.211. The molecule has 0 bridgehead atoms. The summed E-state index contributed by atoms with van der Waals surface area (Å²) in [5, 5.41) is 0.674. The minimum Gasteiger partial charge on any atom is -0.493 e. The molecule has 0 aromatic heterocycles. The Labute approximate surface area is 107 Å². The van der Waals surface area contributed by atoms with Crippen LogP contribution in [0.1, 0.15) is 13.8 Å². The van der Waals surface area contributed by atoms with E-state index in [1.54, 1.807) is 24.3 Å². The zero-order valence-corrected chi connectivity index (χ0v) is 11.0. The molecule has 17 heavy (non-hydrogen) atoms. The van der Waals surface area contributed by atoms with E-state index in [4.69, 9.17) is 16.3 Å². The SMILES string of the molecule is COC(=O)C(C)C(C)COc1ccc(Cl)cc1. The molecule has 2 unspecified atom stereocenters. The van der Waals surface area contributed by atoms with Crippen LogP contribution in [0.5, 0.6) is 5.75 Å². The summed E-state index contributed by atoms with van der Waals surface area (Å²) in [6, 6.07) is 7.15. The van der Waals surface area contributed by atoms with Gasteiger partial charge in [-0.2, -0.15) is 0 Å². The molecule has 0 amide bonds. The third-order valence-corrected chi connectivity index (χ3v) is 3.01. The van der Waals surface area contributed by atoms with Gasteiger partial charge in [0.2, 0.25) is 0 Å². The highest BCUT2D eigenvalue weighted by molar-refractivity contribution is 6.30. The molecule has 0 aliphatic rings. The van der Waals surface area contributed by atoms with Crippen LogP contribution in [0.15, 0.2) is 24.3 Å². The van der Waals surface area contributed by atoms with Crippen LogP contribution in [-0.4, -0.2) is 19.7 Å². The predicted octanol–water partition coefficient (Wildman–Crippen LogP) is 3.16. The molecule has 1 aromatic rings. The Bertz CT molecular complexity index is 361. The van der Waals surface area contributed by atoms with E-state index in [1.807, 2.05) is 13.8 Å². The maximum atomic E-state index is 11.3. The van der Waals surface area contributed by atoms with Gasteiger partial charge in [0.05, 0.1) is 19.6 Å². The monoisotopic (exact) mass is 256 g/mol. The summed E-state index contributed by atoms with van der Waals surface area (Å²) < 4.78 is 10.3.